The first-order valence-electron chi connectivity index (χ1n) is 8.38. The summed E-state index contributed by atoms with van der Waals surface area (Å²) in [6.07, 6.45) is -0.000982. The number of aliphatic carboxylic acids is 1. The Hall–Kier alpha value is -2.79. The van der Waals surface area contributed by atoms with E-state index in [9.17, 15) is 29.4 Å². The summed E-state index contributed by atoms with van der Waals surface area (Å²) in [6, 6.07) is 2.88. The van der Waals surface area contributed by atoms with Crippen molar-refractivity contribution in [3.63, 3.8) is 0 Å². The van der Waals surface area contributed by atoms with Gasteiger partial charge in [-0.25, -0.2) is 4.79 Å². The molecule has 3 unspecified atom stereocenters. The van der Waals surface area contributed by atoms with Crippen molar-refractivity contribution in [2.75, 3.05) is 12.3 Å². The maximum atomic E-state index is 12.0. The summed E-state index contributed by atoms with van der Waals surface area (Å²) in [5, 5.41) is 25.5. The summed E-state index contributed by atoms with van der Waals surface area (Å²) in [6.45, 7) is 0.979. The molecule has 0 fully saturated rings. The van der Waals surface area contributed by atoms with Gasteiger partial charge in [-0.3, -0.25) is 14.4 Å². The third kappa shape index (κ3) is 7.84. The van der Waals surface area contributed by atoms with Gasteiger partial charge in [-0.05, 0) is 24.6 Å². The number of thiol groups is 1. The van der Waals surface area contributed by atoms with Gasteiger partial charge >= 0.3 is 5.97 Å². The predicted molar refractivity (Wildman–Crippen MR) is 104 cm³/mol. The largest absolute Gasteiger partial charge is 0.508 e. The second kappa shape index (κ2) is 11.1. The highest BCUT2D eigenvalue weighted by molar-refractivity contribution is 7.80. The zero-order valence-electron chi connectivity index (χ0n) is 15.2. The number of carbonyl (C=O) groups is 4. The molecule has 1 rings (SSSR count). The Morgan fingerprint density at radius 1 is 1.07 bits per heavy atom. The fourth-order valence-corrected chi connectivity index (χ4v) is 2.36. The van der Waals surface area contributed by atoms with E-state index < -0.39 is 48.4 Å². The van der Waals surface area contributed by atoms with Crippen molar-refractivity contribution in [3.05, 3.63) is 29.8 Å². The number of phenolic OH excluding ortho intramolecular Hbond substituents is 1. The van der Waals surface area contributed by atoms with Gasteiger partial charge in [0.05, 0.1) is 12.6 Å². The van der Waals surface area contributed by atoms with Gasteiger partial charge < -0.3 is 31.9 Å². The van der Waals surface area contributed by atoms with Gasteiger partial charge in [0.15, 0.2) is 0 Å². The molecule has 11 heteroatoms. The average Bonchev–Trinajstić information content (AvgIpc) is 2.64. The lowest BCUT2D eigenvalue weighted by Crippen LogP contribution is -2.53. The minimum absolute atomic E-state index is 0.000982. The number of aromatic hydroxyl groups is 1. The molecule has 0 radical (unpaired) electrons. The Morgan fingerprint density at radius 3 is 2.18 bits per heavy atom. The molecule has 0 spiro atoms. The van der Waals surface area contributed by atoms with Gasteiger partial charge in [-0.2, -0.15) is 12.6 Å². The van der Waals surface area contributed by atoms with Crippen LogP contribution in [0.4, 0.5) is 0 Å². The Balaban J connectivity index is 2.57. The number of hydrogen-bond acceptors (Lipinski definition) is 7. The van der Waals surface area contributed by atoms with E-state index in [2.05, 4.69) is 28.6 Å². The number of carbonyl (C=O) groups excluding carboxylic acids is 3. The van der Waals surface area contributed by atoms with Crippen molar-refractivity contribution in [1.82, 2.24) is 16.0 Å². The van der Waals surface area contributed by atoms with Crippen LogP contribution in [0.2, 0.25) is 0 Å². The molecule has 0 aliphatic rings. The molecular weight excluding hydrogens is 388 g/mol. The molecule has 0 aliphatic carbocycles. The first-order chi connectivity index (χ1) is 13.1. The Labute approximate surface area is 167 Å². The van der Waals surface area contributed by atoms with Gasteiger partial charge in [0.1, 0.15) is 17.8 Å². The fourth-order valence-electron chi connectivity index (χ4n) is 2.10. The van der Waals surface area contributed by atoms with Crippen LogP contribution in [-0.4, -0.2) is 64.3 Å². The molecule has 154 valence electrons. The monoisotopic (exact) mass is 412 g/mol. The topological polar surface area (TPSA) is 171 Å². The van der Waals surface area contributed by atoms with Gasteiger partial charge in [-0.1, -0.05) is 12.1 Å². The van der Waals surface area contributed by atoms with E-state index in [1.54, 1.807) is 0 Å². The van der Waals surface area contributed by atoms with Crippen LogP contribution in [0.3, 0.4) is 0 Å². The smallest absolute Gasteiger partial charge is 0.326 e. The third-order valence-corrected chi connectivity index (χ3v) is 4.03. The SMILES string of the molecule is CC(N)C(=O)NC(CS)C(=O)NCC(=O)NC(Cc1ccc(O)cc1)C(=O)O. The minimum Gasteiger partial charge on any atom is -0.508 e. The van der Waals surface area contributed by atoms with Crippen molar-refractivity contribution in [2.45, 2.75) is 31.5 Å². The molecule has 1 aromatic carbocycles. The van der Waals surface area contributed by atoms with Crippen LogP contribution in [0.1, 0.15) is 12.5 Å². The van der Waals surface area contributed by atoms with Gasteiger partial charge in [0, 0.05) is 12.2 Å². The van der Waals surface area contributed by atoms with Crippen LogP contribution in [0.25, 0.3) is 0 Å². The second-order valence-corrected chi connectivity index (χ2v) is 6.44. The number of rotatable bonds is 10. The Bertz CT molecular complexity index is 710. The maximum Gasteiger partial charge on any atom is 0.326 e. The van der Waals surface area contributed by atoms with Crippen molar-refractivity contribution in [2.24, 2.45) is 5.73 Å². The molecule has 0 saturated heterocycles. The lowest BCUT2D eigenvalue weighted by atomic mass is 10.1. The van der Waals surface area contributed by atoms with Crippen LogP contribution in [-0.2, 0) is 25.6 Å². The summed E-state index contributed by atoms with van der Waals surface area (Å²) in [5.41, 5.74) is 6.01. The molecule has 28 heavy (non-hydrogen) atoms. The van der Waals surface area contributed by atoms with Crippen LogP contribution < -0.4 is 21.7 Å². The lowest BCUT2D eigenvalue weighted by Gasteiger charge is -2.18. The number of benzene rings is 1. The summed E-state index contributed by atoms with van der Waals surface area (Å²) < 4.78 is 0. The van der Waals surface area contributed by atoms with E-state index in [0.29, 0.717) is 5.56 Å². The van der Waals surface area contributed by atoms with E-state index in [1.807, 2.05) is 0 Å². The van der Waals surface area contributed by atoms with Gasteiger partial charge in [0.25, 0.3) is 0 Å². The van der Waals surface area contributed by atoms with E-state index in [0.717, 1.165) is 0 Å². The molecule has 0 bridgehead atoms. The molecule has 3 amide bonds. The molecule has 0 aromatic heterocycles. The predicted octanol–water partition coefficient (Wildman–Crippen LogP) is -1.62. The fraction of sp³-hybridized carbons (Fsp3) is 0.412. The highest BCUT2D eigenvalue weighted by Gasteiger charge is 2.23. The van der Waals surface area contributed by atoms with Gasteiger partial charge in [0.2, 0.25) is 17.7 Å². The number of hydrogen-bond donors (Lipinski definition) is 7. The Kier molecular flexibility index (Phi) is 9.25. The second-order valence-electron chi connectivity index (χ2n) is 6.08. The molecule has 0 aliphatic heterocycles. The summed E-state index contributed by atoms with van der Waals surface area (Å²) in [7, 11) is 0. The normalized spacial score (nSPS) is 13.7. The summed E-state index contributed by atoms with van der Waals surface area (Å²) >= 11 is 3.98. The maximum absolute atomic E-state index is 12.0. The van der Waals surface area contributed by atoms with Crippen LogP contribution in [0, 0.1) is 0 Å². The van der Waals surface area contributed by atoms with Gasteiger partial charge in [-0.15, -0.1) is 0 Å². The summed E-state index contributed by atoms with van der Waals surface area (Å²) in [5.74, 6) is -3.12. The third-order valence-electron chi connectivity index (χ3n) is 3.66. The zero-order valence-corrected chi connectivity index (χ0v) is 16.1. The number of carboxylic acids is 1. The molecule has 1 aromatic rings. The summed E-state index contributed by atoms with van der Waals surface area (Å²) in [4.78, 5) is 47.0. The van der Waals surface area contributed by atoms with E-state index in [-0.39, 0.29) is 17.9 Å². The number of phenols is 1. The van der Waals surface area contributed by atoms with E-state index >= 15 is 0 Å². The first kappa shape index (κ1) is 23.2. The number of nitrogens with two attached hydrogens (primary N) is 1. The van der Waals surface area contributed by atoms with Crippen molar-refractivity contribution >= 4 is 36.3 Å². The van der Waals surface area contributed by atoms with Crippen molar-refractivity contribution in [3.8, 4) is 5.75 Å². The highest BCUT2D eigenvalue weighted by atomic mass is 32.1. The zero-order chi connectivity index (χ0) is 21.3. The average molecular weight is 412 g/mol. The number of nitrogens with one attached hydrogen (secondary N) is 3. The van der Waals surface area contributed by atoms with E-state index in [4.69, 9.17) is 5.73 Å². The number of carboxylic acid groups (broad SMARTS) is 1. The first-order valence-corrected chi connectivity index (χ1v) is 9.01. The molecule has 0 heterocycles. The molecule has 3 atom stereocenters. The molecule has 0 saturated carbocycles. The van der Waals surface area contributed by atoms with Crippen LogP contribution in [0.5, 0.6) is 5.75 Å². The lowest BCUT2D eigenvalue weighted by molar-refractivity contribution is -0.141. The van der Waals surface area contributed by atoms with Crippen LogP contribution in [0.15, 0.2) is 24.3 Å². The molecule has 10 nitrogen and oxygen atoms in total. The van der Waals surface area contributed by atoms with Crippen molar-refractivity contribution in [1.29, 1.82) is 0 Å². The minimum atomic E-state index is -1.25. The standard InChI is InChI=1S/C17H24N4O6S/c1-9(18)15(24)21-13(8-28)16(25)19-7-14(23)20-12(17(26)27)6-10-2-4-11(22)5-3-10/h2-5,9,12-13,22,28H,6-8,18H2,1H3,(H,19,25)(H,20,23)(H,21,24)(H,26,27). The highest BCUT2D eigenvalue weighted by Crippen LogP contribution is 2.11. The molecule has 7 N–H and O–H groups in total. The molecular formula is C17H24N4O6S. The van der Waals surface area contributed by atoms with Crippen molar-refractivity contribution < 1.29 is 29.4 Å². The van der Waals surface area contributed by atoms with Crippen LogP contribution >= 0.6 is 12.6 Å². The Morgan fingerprint density at radius 2 is 1.68 bits per heavy atom. The quantitative estimate of drug-likeness (QED) is 0.226. The van der Waals surface area contributed by atoms with E-state index in [1.165, 1.54) is 31.2 Å². The number of amides is 3.